The molecule has 1 saturated heterocycles. The molecule has 0 N–H and O–H groups in total. The van der Waals surface area contributed by atoms with Gasteiger partial charge in [0, 0.05) is 18.1 Å². The fraction of sp³-hybridized carbons (Fsp3) is 0.471. The van der Waals surface area contributed by atoms with Crippen molar-refractivity contribution in [2.75, 3.05) is 20.2 Å². The summed E-state index contributed by atoms with van der Waals surface area (Å²) in [6, 6.07) is 7.52. The van der Waals surface area contributed by atoms with Crippen molar-refractivity contribution in [3.63, 3.8) is 0 Å². The van der Waals surface area contributed by atoms with Gasteiger partial charge in [-0.05, 0) is 30.4 Å². The minimum Gasteiger partial charge on any atom is -0.479 e. The van der Waals surface area contributed by atoms with E-state index in [-0.39, 0.29) is 11.6 Å². The molecule has 2 aromatic rings. The Morgan fingerprint density at radius 1 is 1.42 bits per heavy atom. The van der Waals surface area contributed by atoms with Crippen molar-refractivity contribution >= 4 is 17.5 Å². The highest BCUT2D eigenvalue weighted by Gasteiger charge is 2.28. The lowest BCUT2D eigenvalue weighted by Gasteiger charge is -2.30. The van der Waals surface area contributed by atoms with Crippen molar-refractivity contribution in [2.45, 2.75) is 26.3 Å². The summed E-state index contributed by atoms with van der Waals surface area (Å²) < 4.78 is 6.99. The standard InChI is InChI=1S/C17H21ClN4O2/c1-12-6-5-9-21(10-12)16(23)15-17(24-2)22(20-19-15)11-13-7-3-4-8-14(13)18/h3-4,7-8,12H,5-6,9-11H2,1-2H3/t12-/m0/s1. The third-order valence-electron chi connectivity index (χ3n) is 4.31. The van der Waals surface area contributed by atoms with Crippen molar-refractivity contribution in [3.8, 4) is 5.88 Å². The normalized spacial score (nSPS) is 17.8. The molecule has 0 aliphatic carbocycles. The molecule has 6 nitrogen and oxygen atoms in total. The Morgan fingerprint density at radius 3 is 2.92 bits per heavy atom. The van der Waals surface area contributed by atoms with E-state index in [4.69, 9.17) is 16.3 Å². The van der Waals surface area contributed by atoms with Crippen LogP contribution in [0.5, 0.6) is 5.88 Å². The molecule has 2 heterocycles. The van der Waals surface area contributed by atoms with Crippen LogP contribution in [0.15, 0.2) is 24.3 Å². The molecule has 0 saturated carbocycles. The molecule has 7 heteroatoms. The number of hydrogen-bond acceptors (Lipinski definition) is 4. The van der Waals surface area contributed by atoms with Gasteiger partial charge in [0.1, 0.15) is 0 Å². The summed E-state index contributed by atoms with van der Waals surface area (Å²) in [5.41, 5.74) is 1.16. The summed E-state index contributed by atoms with van der Waals surface area (Å²) in [5, 5.41) is 8.81. The van der Waals surface area contributed by atoms with E-state index >= 15 is 0 Å². The molecule has 1 amide bonds. The summed E-state index contributed by atoms with van der Waals surface area (Å²) in [7, 11) is 1.53. The minimum atomic E-state index is -0.121. The molecule has 0 unspecified atom stereocenters. The first-order valence-corrected chi connectivity index (χ1v) is 8.48. The monoisotopic (exact) mass is 348 g/mol. The van der Waals surface area contributed by atoms with E-state index < -0.39 is 0 Å². The average molecular weight is 349 g/mol. The maximum Gasteiger partial charge on any atom is 0.280 e. The van der Waals surface area contributed by atoms with Crippen LogP contribution < -0.4 is 4.74 Å². The molecular formula is C17H21ClN4O2. The highest BCUT2D eigenvalue weighted by Crippen LogP contribution is 2.24. The van der Waals surface area contributed by atoms with Gasteiger partial charge in [0.25, 0.3) is 5.91 Å². The molecule has 1 aliphatic rings. The smallest absolute Gasteiger partial charge is 0.280 e. The number of amides is 1. The zero-order valence-electron chi connectivity index (χ0n) is 13.9. The Hall–Kier alpha value is -2.08. The molecule has 1 atom stereocenters. The van der Waals surface area contributed by atoms with Gasteiger partial charge in [-0.15, -0.1) is 5.10 Å². The summed E-state index contributed by atoms with van der Waals surface area (Å²) in [5.74, 6) is 0.758. The summed E-state index contributed by atoms with van der Waals surface area (Å²) in [6.45, 7) is 4.06. The van der Waals surface area contributed by atoms with Crippen LogP contribution in [0.1, 0.15) is 35.8 Å². The molecule has 1 aromatic carbocycles. The zero-order valence-corrected chi connectivity index (χ0v) is 14.7. The van der Waals surface area contributed by atoms with Crippen LogP contribution in [0.4, 0.5) is 0 Å². The largest absolute Gasteiger partial charge is 0.479 e. The SMILES string of the molecule is COc1c(C(=O)N2CCC[C@H](C)C2)nnn1Cc1ccccc1Cl. The van der Waals surface area contributed by atoms with Gasteiger partial charge in [0.05, 0.1) is 13.7 Å². The second-order valence-electron chi connectivity index (χ2n) is 6.19. The van der Waals surface area contributed by atoms with Gasteiger partial charge >= 0.3 is 0 Å². The molecule has 1 fully saturated rings. The molecule has 1 aliphatic heterocycles. The van der Waals surface area contributed by atoms with Gasteiger partial charge in [-0.2, -0.15) is 0 Å². The summed E-state index contributed by atoms with van der Waals surface area (Å²) in [4.78, 5) is 14.6. The molecular weight excluding hydrogens is 328 g/mol. The van der Waals surface area contributed by atoms with Gasteiger partial charge in [-0.3, -0.25) is 4.79 Å². The van der Waals surface area contributed by atoms with Crippen molar-refractivity contribution < 1.29 is 9.53 Å². The Morgan fingerprint density at radius 2 is 2.21 bits per heavy atom. The zero-order chi connectivity index (χ0) is 17.1. The number of benzene rings is 1. The van der Waals surface area contributed by atoms with Gasteiger partial charge < -0.3 is 9.64 Å². The number of methoxy groups -OCH3 is 1. The number of aromatic nitrogens is 3. The molecule has 3 rings (SSSR count). The number of likely N-dealkylation sites (tertiary alicyclic amines) is 1. The number of carbonyl (C=O) groups is 1. The van der Waals surface area contributed by atoms with Crippen molar-refractivity contribution in [3.05, 3.63) is 40.5 Å². The number of halogens is 1. The Kier molecular flexibility index (Phi) is 5.04. The van der Waals surface area contributed by atoms with E-state index in [1.54, 1.807) is 4.68 Å². The van der Waals surface area contributed by atoms with Crippen LogP contribution in [-0.2, 0) is 6.54 Å². The Bertz CT molecular complexity index is 731. The molecule has 0 radical (unpaired) electrons. The summed E-state index contributed by atoms with van der Waals surface area (Å²) in [6.07, 6.45) is 2.17. The fourth-order valence-electron chi connectivity index (χ4n) is 3.06. The van der Waals surface area contributed by atoms with Crippen molar-refractivity contribution in [1.29, 1.82) is 0 Å². The number of hydrogen-bond donors (Lipinski definition) is 0. The quantitative estimate of drug-likeness (QED) is 0.852. The minimum absolute atomic E-state index is 0.121. The lowest BCUT2D eigenvalue weighted by molar-refractivity contribution is 0.0673. The van der Waals surface area contributed by atoms with Gasteiger partial charge in [0.2, 0.25) is 11.6 Å². The van der Waals surface area contributed by atoms with Crippen LogP contribution in [0.25, 0.3) is 0 Å². The predicted octanol–water partition coefficient (Wildman–Crippen LogP) is 2.86. The van der Waals surface area contributed by atoms with Crippen LogP contribution >= 0.6 is 11.6 Å². The van der Waals surface area contributed by atoms with E-state index in [0.29, 0.717) is 23.4 Å². The first-order valence-electron chi connectivity index (χ1n) is 8.10. The van der Waals surface area contributed by atoms with Gasteiger partial charge in [-0.25, -0.2) is 4.68 Å². The third kappa shape index (κ3) is 3.38. The number of ether oxygens (including phenoxy) is 1. The Labute approximate surface area is 146 Å². The van der Waals surface area contributed by atoms with E-state index in [9.17, 15) is 4.79 Å². The second kappa shape index (κ2) is 7.21. The Balaban J connectivity index is 1.84. The van der Waals surface area contributed by atoms with Crippen LogP contribution in [-0.4, -0.2) is 46.0 Å². The van der Waals surface area contributed by atoms with Gasteiger partial charge in [0.15, 0.2) is 0 Å². The topological polar surface area (TPSA) is 60.2 Å². The average Bonchev–Trinajstić information content (AvgIpc) is 2.99. The lowest BCUT2D eigenvalue weighted by atomic mass is 10.00. The second-order valence-corrected chi connectivity index (χ2v) is 6.60. The van der Waals surface area contributed by atoms with Crippen molar-refractivity contribution in [1.82, 2.24) is 19.9 Å². The maximum atomic E-state index is 12.8. The predicted molar refractivity (Wildman–Crippen MR) is 91.4 cm³/mol. The highest BCUT2D eigenvalue weighted by atomic mass is 35.5. The fourth-order valence-corrected chi connectivity index (χ4v) is 3.25. The number of nitrogens with zero attached hydrogens (tertiary/aromatic N) is 4. The van der Waals surface area contributed by atoms with Crippen LogP contribution in [0, 0.1) is 5.92 Å². The number of carbonyl (C=O) groups excluding carboxylic acids is 1. The highest BCUT2D eigenvalue weighted by molar-refractivity contribution is 6.31. The molecule has 0 bridgehead atoms. The lowest BCUT2D eigenvalue weighted by Crippen LogP contribution is -2.39. The van der Waals surface area contributed by atoms with E-state index in [2.05, 4.69) is 17.2 Å². The summed E-state index contributed by atoms with van der Waals surface area (Å²) >= 11 is 6.20. The van der Waals surface area contributed by atoms with Gasteiger partial charge in [-0.1, -0.05) is 41.9 Å². The number of rotatable bonds is 4. The first-order chi connectivity index (χ1) is 11.6. The van der Waals surface area contributed by atoms with E-state index in [1.165, 1.54) is 7.11 Å². The van der Waals surface area contributed by atoms with Crippen molar-refractivity contribution in [2.24, 2.45) is 5.92 Å². The van der Waals surface area contributed by atoms with E-state index in [1.807, 2.05) is 29.2 Å². The molecule has 0 spiro atoms. The maximum absolute atomic E-state index is 12.8. The van der Waals surface area contributed by atoms with Crippen LogP contribution in [0.2, 0.25) is 5.02 Å². The molecule has 1 aromatic heterocycles. The third-order valence-corrected chi connectivity index (χ3v) is 4.68. The van der Waals surface area contributed by atoms with E-state index in [0.717, 1.165) is 31.5 Å². The van der Waals surface area contributed by atoms with Crippen LogP contribution in [0.3, 0.4) is 0 Å². The first kappa shape index (κ1) is 16.8. The number of piperidine rings is 1. The molecule has 128 valence electrons. The molecule has 24 heavy (non-hydrogen) atoms.